The van der Waals surface area contributed by atoms with Crippen LogP contribution in [-0.2, 0) is 0 Å². The van der Waals surface area contributed by atoms with Gasteiger partial charge >= 0.3 is 6.03 Å². The molecule has 0 aromatic heterocycles. The molecule has 0 spiro atoms. The van der Waals surface area contributed by atoms with Crippen molar-refractivity contribution in [3.8, 4) is 0 Å². The van der Waals surface area contributed by atoms with Gasteiger partial charge in [0.15, 0.2) is 0 Å². The number of hydrogen-bond acceptors (Lipinski definition) is 2. The molecule has 0 heterocycles. The minimum atomic E-state index is -0.425. The van der Waals surface area contributed by atoms with E-state index >= 15 is 0 Å². The number of rotatable bonds is 4. The van der Waals surface area contributed by atoms with Crippen molar-refractivity contribution < 1.29 is 9.59 Å². The highest BCUT2D eigenvalue weighted by atomic mass is 35.5. The molecule has 0 radical (unpaired) electrons. The monoisotopic (exact) mass is 391 g/mol. The van der Waals surface area contributed by atoms with Gasteiger partial charge in [0, 0.05) is 33.0 Å². The van der Waals surface area contributed by atoms with Crippen molar-refractivity contribution in [3.05, 3.63) is 58.1 Å². The summed E-state index contributed by atoms with van der Waals surface area (Å²) in [6.07, 6.45) is 4.42. The van der Waals surface area contributed by atoms with E-state index in [0.717, 1.165) is 12.8 Å². The van der Waals surface area contributed by atoms with Gasteiger partial charge in [-0.1, -0.05) is 36.0 Å². The molecule has 3 N–H and O–H groups in total. The summed E-state index contributed by atoms with van der Waals surface area (Å²) in [7, 11) is 0. The quantitative estimate of drug-likeness (QED) is 0.660. The third-order valence-electron chi connectivity index (χ3n) is 4.22. The summed E-state index contributed by atoms with van der Waals surface area (Å²) in [5.41, 5.74) is 1.64. The zero-order valence-electron chi connectivity index (χ0n) is 14.0. The Labute approximate surface area is 162 Å². The van der Waals surface area contributed by atoms with E-state index < -0.39 is 6.03 Å². The smallest absolute Gasteiger partial charge is 0.323 e. The van der Waals surface area contributed by atoms with Gasteiger partial charge in [-0.05, 0) is 55.3 Å². The Kier molecular flexibility index (Phi) is 6.01. The molecule has 0 saturated heterocycles. The third kappa shape index (κ3) is 5.13. The molecule has 3 amide bonds. The molecule has 1 fully saturated rings. The Morgan fingerprint density at radius 3 is 2.04 bits per heavy atom. The summed E-state index contributed by atoms with van der Waals surface area (Å²) in [4.78, 5) is 24.3. The highest BCUT2D eigenvalue weighted by molar-refractivity contribution is 6.35. The number of halogens is 2. The van der Waals surface area contributed by atoms with Crippen molar-refractivity contribution in [2.75, 3.05) is 10.6 Å². The Hall–Kier alpha value is -2.24. The molecule has 7 heteroatoms. The molecular weight excluding hydrogens is 373 g/mol. The molecule has 3 rings (SSSR count). The van der Waals surface area contributed by atoms with Crippen LogP contribution in [0.5, 0.6) is 0 Å². The second-order valence-corrected chi connectivity index (χ2v) is 7.14. The molecule has 1 aliphatic rings. The molecule has 0 aliphatic heterocycles. The maximum Gasteiger partial charge on any atom is 0.323 e. The van der Waals surface area contributed by atoms with E-state index in [1.165, 1.54) is 12.8 Å². The van der Waals surface area contributed by atoms with E-state index in [2.05, 4.69) is 16.0 Å². The highest BCUT2D eigenvalue weighted by Crippen LogP contribution is 2.23. The number of amides is 3. The van der Waals surface area contributed by atoms with E-state index in [1.807, 2.05) is 0 Å². The van der Waals surface area contributed by atoms with Crippen LogP contribution in [-0.4, -0.2) is 18.0 Å². The van der Waals surface area contributed by atoms with Gasteiger partial charge in [0.25, 0.3) is 5.91 Å². The molecule has 1 saturated carbocycles. The van der Waals surface area contributed by atoms with Gasteiger partial charge in [-0.25, -0.2) is 4.79 Å². The van der Waals surface area contributed by atoms with E-state index in [1.54, 1.807) is 42.5 Å². The van der Waals surface area contributed by atoms with Gasteiger partial charge in [0.05, 0.1) is 0 Å². The minimum absolute atomic E-state index is 0.0820. The summed E-state index contributed by atoms with van der Waals surface area (Å²) in [5.74, 6) is -0.0820. The second kappa shape index (κ2) is 8.43. The lowest BCUT2D eigenvalue weighted by Crippen LogP contribution is -2.32. The molecule has 2 aromatic carbocycles. The lowest BCUT2D eigenvalue weighted by atomic mass is 10.1. The standard InChI is InChI=1S/C19H19Cl2N3O2/c20-13-9-14(21)11-17(10-13)24-19(26)23-16-7-5-12(6-8-16)18(25)22-15-3-1-2-4-15/h5-11,15H,1-4H2,(H,22,25)(H2,23,24,26). The molecule has 26 heavy (non-hydrogen) atoms. The Balaban J connectivity index is 1.56. The molecule has 1 aliphatic carbocycles. The molecule has 0 unspecified atom stereocenters. The molecule has 136 valence electrons. The zero-order valence-corrected chi connectivity index (χ0v) is 15.5. The van der Waals surface area contributed by atoms with Crippen molar-refractivity contribution in [1.29, 1.82) is 0 Å². The predicted octanol–water partition coefficient (Wildman–Crippen LogP) is 5.31. The van der Waals surface area contributed by atoms with Crippen LogP contribution in [0.15, 0.2) is 42.5 Å². The van der Waals surface area contributed by atoms with Crippen molar-refractivity contribution >= 4 is 46.5 Å². The maximum atomic E-state index is 12.2. The van der Waals surface area contributed by atoms with Crippen LogP contribution in [0.2, 0.25) is 10.0 Å². The largest absolute Gasteiger partial charge is 0.349 e. The number of urea groups is 1. The first-order valence-corrected chi connectivity index (χ1v) is 9.20. The van der Waals surface area contributed by atoms with E-state index in [4.69, 9.17) is 23.2 Å². The summed E-state index contributed by atoms with van der Waals surface area (Å²) in [6, 6.07) is 11.4. The summed E-state index contributed by atoms with van der Waals surface area (Å²) >= 11 is 11.8. The van der Waals surface area contributed by atoms with Gasteiger partial charge in [-0.15, -0.1) is 0 Å². The van der Waals surface area contributed by atoms with Crippen LogP contribution in [0, 0.1) is 0 Å². The second-order valence-electron chi connectivity index (χ2n) is 6.27. The number of hydrogen-bond donors (Lipinski definition) is 3. The zero-order chi connectivity index (χ0) is 18.5. The van der Waals surface area contributed by atoms with Crippen LogP contribution >= 0.6 is 23.2 Å². The number of benzene rings is 2. The third-order valence-corrected chi connectivity index (χ3v) is 4.65. The number of nitrogens with one attached hydrogen (secondary N) is 3. The fourth-order valence-electron chi connectivity index (χ4n) is 2.96. The normalized spacial score (nSPS) is 14.1. The predicted molar refractivity (Wildman–Crippen MR) is 105 cm³/mol. The first-order chi connectivity index (χ1) is 12.5. The Bertz CT molecular complexity index is 783. The Morgan fingerprint density at radius 1 is 0.846 bits per heavy atom. The molecule has 2 aromatic rings. The summed E-state index contributed by atoms with van der Waals surface area (Å²) in [5, 5.41) is 9.27. The number of anilines is 2. The van der Waals surface area contributed by atoms with Crippen molar-refractivity contribution in [2.45, 2.75) is 31.7 Å². The molecular formula is C19H19Cl2N3O2. The van der Waals surface area contributed by atoms with Crippen LogP contribution in [0.25, 0.3) is 0 Å². The van der Waals surface area contributed by atoms with Gasteiger partial charge in [-0.3, -0.25) is 4.79 Å². The molecule has 0 bridgehead atoms. The lowest BCUT2D eigenvalue weighted by Gasteiger charge is -2.12. The van der Waals surface area contributed by atoms with Crippen molar-refractivity contribution in [1.82, 2.24) is 5.32 Å². The number of carbonyl (C=O) groups excluding carboxylic acids is 2. The van der Waals surface area contributed by atoms with Crippen LogP contribution in [0.4, 0.5) is 16.2 Å². The fraction of sp³-hybridized carbons (Fsp3) is 0.263. The average molecular weight is 392 g/mol. The van der Waals surface area contributed by atoms with E-state index in [9.17, 15) is 9.59 Å². The maximum absolute atomic E-state index is 12.2. The first-order valence-electron chi connectivity index (χ1n) is 8.44. The van der Waals surface area contributed by atoms with Crippen molar-refractivity contribution in [3.63, 3.8) is 0 Å². The lowest BCUT2D eigenvalue weighted by molar-refractivity contribution is 0.0938. The number of carbonyl (C=O) groups is 2. The van der Waals surface area contributed by atoms with Gasteiger partial charge in [0.1, 0.15) is 0 Å². The summed E-state index contributed by atoms with van der Waals surface area (Å²) in [6.45, 7) is 0. The fourth-order valence-corrected chi connectivity index (χ4v) is 3.49. The first kappa shape index (κ1) is 18.5. The van der Waals surface area contributed by atoms with Crippen LogP contribution in [0.1, 0.15) is 36.0 Å². The topological polar surface area (TPSA) is 70.2 Å². The molecule has 5 nitrogen and oxygen atoms in total. The van der Waals surface area contributed by atoms with Crippen LogP contribution < -0.4 is 16.0 Å². The average Bonchev–Trinajstić information content (AvgIpc) is 3.07. The minimum Gasteiger partial charge on any atom is -0.349 e. The van der Waals surface area contributed by atoms with Crippen molar-refractivity contribution in [2.24, 2.45) is 0 Å². The van der Waals surface area contributed by atoms with Gasteiger partial charge in [0.2, 0.25) is 0 Å². The summed E-state index contributed by atoms with van der Waals surface area (Å²) < 4.78 is 0. The van der Waals surface area contributed by atoms with E-state index in [-0.39, 0.29) is 11.9 Å². The van der Waals surface area contributed by atoms with Gasteiger partial charge in [-0.2, -0.15) is 0 Å². The molecule has 0 atom stereocenters. The van der Waals surface area contributed by atoms with E-state index in [0.29, 0.717) is 27.0 Å². The highest BCUT2D eigenvalue weighted by Gasteiger charge is 2.17. The van der Waals surface area contributed by atoms with Gasteiger partial charge < -0.3 is 16.0 Å². The Morgan fingerprint density at radius 2 is 1.42 bits per heavy atom. The van der Waals surface area contributed by atoms with Crippen LogP contribution in [0.3, 0.4) is 0 Å². The SMILES string of the molecule is O=C(Nc1ccc(C(=O)NC2CCCC2)cc1)Nc1cc(Cl)cc(Cl)c1.